The zero-order valence-electron chi connectivity index (χ0n) is 9.32. The Bertz CT molecular complexity index is 438. The molecule has 3 rings (SSSR count). The highest BCUT2D eigenvalue weighted by atomic mass is 16.5. The second-order valence-corrected chi connectivity index (χ2v) is 4.60. The van der Waals surface area contributed by atoms with Crippen LogP contribution in [-0.4, -0.2) is 13.0 Å². The van der Waals surface area contributed by atoms with Gasteiger partial charge >= 0.3 is 0 Å². The summed E-state index contributed by atoms with van der Waals surface area (Å²) in [6.07, 6.45) is 3.76. The minimum Gasteiger partial charge on any atom is -0.497 e. The van der Waals surface area contributed by atoms with Crippen LogP contribution in [0.5, 0.6) is 5.75 Å². The number of hydrogen-bond acceptors (Lipinski definition) is 2. The van der Waals surface area contributed by atoms with E-state index in [2.05, 4.69) is 5.32 Å². The summed E-state index contributed by atoms with van der Waals surface area (Å²) >= 11 is 0. The highest BCUT2D eigenvalue weighted by Crippen LogP contribution is 2.42. The molecule has 0 aromatic heterocycles. The first-order valence-electron chi connectivity index (χ1n) is 5.78. The van der Waals surface area contributed by atoms with Gasteiger partial charge in [0.2, 0.25) is 0 Å². The lowest BCUT2D eigenvalue weighted by atomic mass is 9.77. The standard InChI is InChI=1S/C13H15NO2/c1-16-9-5-6-10-11(7-9)13(15)14-12(10)8-3-2-4-8/h5-8,12H,2-4H2,1H3,(H,14,15). The molecule has 1 atom stereocenters. The largest absolute Gasteiger partial charge is 0.497 e. The van der Waals surface area contributed by atoms with Gasteiger partial charge in [0.05, 0.1) is 13.2 Å². The molecule has 3 nitrogen and oxygen atoms in total. The highest BCUT2D eigenvalue weighted by Gasteiger charge is 2.36. The van der Waals surface area contributed by atoms with Crippen LogP contribution in [0.4, 0.5) is 0 Å². The van der Waals surface area contributed by atoms with Crippen molar-refractivity contribution in [1.29, 1.82) is 0 Å². The van der Waals surface area contributed by atoms with Gasteiger partial charge in [0.15, 0.2) is 0 Å². The summed E-state index contributed by atoms with van der Waals surface area (Å²) in [6, 6.07) is 6.03. The first kappa shape index (κ1) is 9.70. The van der Waals surface area contributed by atoms with Crippen molar-refractivity contribution in [3.8, 4) is 5.75 Å². The average Bonchev–Trinajstić information content (AvgIpc) is 2.54. The maximum Gasteiger partial charge on any atom is 0.252 e. The summed E-state index contributed by atoms with van der Waals surface area (Å²) in [7, 11) is 1.62. The van der Waals surface area contributed by atoms with Crippen LogP contribution in [0.2, 0.25) is 0 Å². The first-order chi connectivity index (χ1) is 7.79. The van der Waals surface area contributed by atoms with Gasteiger partial charge in [0.25, 0.3) is 5.91 Å². The smallest absolute Gasteiger partial charge is 0.252 e. The molecule has 1 aliphatic heterocycles. The lowest BCUT2D eigenvalue weighted by molar-refractivity contribution is 0.0932. The Morgan fingerprint density at radius 2 is 2.19 bits per heavy atom. The van der Waals surface area contributed by atoms with Crippen molar-refractivity contribution in [2.45, 2.75) is 25.3 Å². The number of fused-ring (bicyclic) bond motifs is 1. The van der Waals surface area contributed by atoms with Gasteiger partial charge in [0, 0.05) is 5.56 Å². The number of rotatable bonds is 2. The molecule has 0 saturated heterocycles. The average molecular weight is 217 g/mol. The fourth-order valence-corrected chi connectivity index (χ4v) is 2.57. The molecule has 84 valence electrons. The fourth-order valence-electron chi connectivity index (χ4n) is 2.57. The van der Waals surface area contributed by atoms with E-state index in [-0.39, 0.29) is 11.9 Å². The van der Waals surface area contributed by atoms with Crippen molar-refractivity contribution in [3.63, 3.8) is 0 Å². The zero-order valence-corrected chi connectivity index (χ0v) is 9.32. The van der Waals surface area contributed by atoms with Crippen LogP contribution in [0, 0.1) is 5.92 Å². The van der Waals surface area contributed by atoms with Crippen LogP contribution in [0.1, 0.15) is 41.2 Å². The Hall–Kier alpha value is -1.51. The summed E-state index contributed by atoms with van der Waals surface area (Å²) in [5, 5.41) is 3.08. The molecule has 1 aromatic rings. The van der Waals surface area contributed by atoms with Crippen molar-refractivity contribution in [3.05, 3.63) is 29.3 Å². The molecule has 1 heterocycles. The third-order valence-electron chi connectivity index (χ3n) is 3.75. The minimum atomic E-state index is 0.0470. The van der Waals surface area contributed by atoms with Gasteiger partial charge in [0.1, 0.15) is 5.75 Å². The van der Waals surface area contributed by atoms with E-state index < -0.39 is 0 Å². The molecule has 3 heteroatoms. The van der Waals surface area contributed by atoms with Gasteiger partial charge in [-0.1, -0.05) is 12.5 Å². The van der Waals surface area contributed by atoms with Crippen LogP contribution in [0.3, 0.4) is 0 Å². The Morgan fingerprint density at radius 1 is 1.38 bits per heavy atom. The highest BCUT2D eigenvalue weighted by molar-refractivity contribution is 5.99. The van der Waals surface area contributed by atoms with Crippen LogP contribution < -0.4 is 10.1 Å². The fraction of sp³-hybridized carbons (Fsp3) is 0.462. The Morgan fingerprint density at radius 3 is 2.81 bits per heavy atom. The van der Waals surface area contributed by atoms with Crippen molar-refractivity contribution in [1.82, 2.24) is 5.32 Å². The Kier molecular flexibility index (Phi) is 2.13. The summed E-state index contributed by atoms with van der Waals surface area (Å²) in [6.45, 7) is 0. The second kappa shape index (κ2) is 3.51. The molecule has 1 unspecified atom stereocenters. The molecule has 0 bridgehead atoms. The molecule has 16 heavy (non-hydrogen) atoms. The number of hydrogen-bond donors (Lipinski definition) is 1. The quantitative estimate of drug-likeness (QED) is 0.825. The summed E-state index contributed by atoms with van der Waals surface area (Å²) < 4.78 is 5.14. The van der Waals surface area contributed by atoms with Crippen LogP contribution >= 0.6 is 0 Å². The van der Waals surface area contributed by atoms with Gasteiger partial charge in [-0.15, -0.1) is 0 Å². The number of nitrogens with one attached hydrogen (secondary N) is 1. The minimum absolute atomic E-state index is 0.0470. The third kappa shape index (κ3) is 1.31. The molecular formula is C13H15NO2. The summed E-state index contributed by atoms with van der Waals surface area (Å²) in [5.74, 6) is 1.44. The summed E-state index contributed by atoms with van der Waals surface area (Å²) in [4.78, 5) is 11.8. The van der Waals surface area contributed by atoms with E-state index in [1.165, 1.54) is 19.3 Å². The van der Waals surface area contributed by atoms with Crippen molar-refractivity contribution in [2.75, 3.05) is 7.11 Å². The number of benzene rings is 1. The predicted octanol–water partition coefficient (Wildman–Crippen LogP) is 2.28. The number of carbonyl (C=O) groups is 1. The van der Waals surface area contributed by atoms with E-state index in [1.807, 2.05) is 18.2 Å². The van der Waals surface area contributed by atoms with Crippen molar-refractivity contribution >= 4 is 5.91 Å². The number of methoxy groups -OCH3 is 1. The van der Waals surface area contributed by atoms with E-state index >= 15 is 0 Å². The van der Waals surface area contributed by atoms with Crippen LogP contribution in [-0.2, 0) is 0 Å². The van der Waals surface area contributed by atoms with E-state index in [1.54, 1.807) is 7.11 Å². The lowest BCUT2D eigenvalue weighted by Gasteiger charge is -2.31. The van der Waals surface area contributed by atoms with Crippen LogP contribution in [0.25, 0.3) is 0 Å². The van der Waals surface area contributed by atoms with Gasteiger partial charge in [-0.3, -0.25) is 4.79 Å². The lowest BCUT2D eigenvalue weighted by Crippen LogP contribution is -2.29. The van der Waals surface area contributed by atoms with E-state index in [4.69, 9.17) is 4.74 Å². The molecule has 1 fully saturated rings. The number of ether oxygens (including phenoxy) is 1. The molecule has 1 saturated carbocycles. The molecule has 0 spiro atoms. The molecule has 1 aliphatic carbocycles. The zero-order chi connectivity index (χ0) is 11.1. The van der Waals surface area contributed by atoms with Crippen molar-refractivity contribution in [2.24, 2.45) is 5.92 Å². The molecule has 1 amide bonds. The van der Waals surface area contributed by atoms with E-state index in [9.17, 15) is 4.79 Å². The maximum atomic E-state index is 11.8. The molecule has 1 aromatic carbocycles. The normalized spacial score (nSPS) is 23.6. The maximum absolute atomic E-state index is 11.8. The summed E-state index contributed by atoms with van der Waals surface area (Å²) in [5.41, 5.74) is 1.94. The van der Waals surface area contributed by atoms with Gasteiger partial charge in [-0.25, -0.2) is 0 Å². The first-order valence-corrected chi connectivity index (χ1v) is 5.78. The molecule has 2 aliphatic rings. The Labute approximate surface area is 94.8 Å². The third-order valence-corrected chi connectivity index (χ3v) is 3.75. The topological polar surface area (TPSA) is 38.3 Å². The van der Waals surface area contributed by atoms with Gasteiger partial charge in [-0.2, -0.15) is 0 Å². The molecule has 1 N–H and O–H groups in total. The van der Waals surface area contributed by atoms with E-state index in [0.717, 1.165) is 16.9 Å². The molecule has 0 radical (unpaired) electrons. The second-order valence-electron chi connectivity index (χ2n) is 4.60. The predicted molar refractivity (Wildman–Crippen MR) is 60.5 cm³/mol. The number of amides is 1. The van der Waals surface area contributed by atoms with Crippen molar-refractivity contribution < 1.29 is 9.53 Å². The van der Waals surface area contributed by atoms with Crippen LogP contribution in [0.15, 0.2) is 18.2 Å². The van der Waals surface area contributed by atoms with E-state index in [0.29, 0.717) is 5.92 Å². The van der Waals surface area contributed by atoms with Gasteiger partial charge < -0.3 is 10.1 Å². The Balaban J connectivity index is 1.98. The SMILES string of the molecule is COc1ccc2c(c1)C(=O)NC2C1CCC1. The number of carbonyl (C=O) groups excluding carboxylic acids is 1. The van der Waals surface area contributed by atoms with Gasteiger partial charge in [-0.05, 0) is 36.5 Å². The molecular weight excluding hydrogens is 202 g/mol. The monoisotopic (exact) mass is 217 g/mol.